The van der Waals surface area contributed by atoms with E-state index in [1.54, 1.807) is 18.9 Å². The van der Waals surface area contributed by atoms with Crippen molar-refractivity contribution in [2.75, 3.05) is 23.9 Å². The SMILES string of the molecule is Cc1nc(NN)nc(N(C)CC2CC2)c1[N+](=O)[O-]. The van der Waals surface area contributed by atoms with Crippen molar-refractivity contribution in [3.8, 4) is 0 Å². The van der Waals surface area contributed by atoms with Crippen molar-refractivity contribution in [2.24, 2.45) is 11.8 Å². The molecule has 0 spiro atoms. The number of aromatic nitrogens is 2. The van der Waals surface area contributed by atoms with Crippen LogP contribution in [-0.4, -0.2) is 28.5 Å². The van der Waals surface area contributed by atoms with Crippen molar-refractivity contribution in [1.82, 2.24) is 9.97 Å². The zero-order chi connectivity index (χ0) is 13.3. The highest BCUT2D eigenvalue weighted by atomic mass is 16.6. The first-order valence-corrected chi connectivity index (χ1v) is 5.73. The zero-order valence-electron chi connectivity index (χ0n) is 10.4. The summed E-state index contributed by atoms with van der Waals surface area (Å²) in [4.78, 5) is 20.5. The number of hydrogen-bond acceptors (Lipinski definition) is 7. The molecule has 1 aromatic heterocycles. The monoisotopic (exact) mass is 252 g/mol. The summed E-state index contributed by atoms with van der Waals surface area (Å²) in [5.41, 5.74) is 2.57. The van der Waals surface area contributed by atoms with E-state index in [1.807, 2.05) is 0 Å². The Labute approximate surface area is 104 Å². The Hall–Kier alpha value is -1.96. The molecule has 0 unspecified atom stereocenters. The van der Waals surface area contributed by atoms with Crippen LogP contribution in [0.15, 0.2) is 0 Å². The molecular formula is C10H16N6O2. The lowest BCUT2D eigenvalue weighted by Crippen LogP contribution is -2.24. The third-order valence-electron chi connectivity index (χ3n) is 2.94. The van der Waals surface area contributed by atoms with Crippen LogP contribution >= 0.6 is 0 Å². The fourth-order valence-corrected chi connectivity index (χ4v) is 1.87. The number of nitrogens with zero attached hydrogens (tertiary/aromatic N) is 4. The molecule has 0 radical (unpaired) electrons. The predicted octanol–water partition coefficient (Wildman–Crippen LogP) is 0.825. The van der Waals surface area contributed by atoms with E-state index in [4.69, 9.17) is 5.84 Å². The van der Waals surface area contributed by atoms with Gasteiger partial charge in [-0.05, 0) is 25.7 Å². The first-order chi connectivity index (χ1) is 8.52. The Morgan fingerprint density at radius 1 is 1.56 bits per heavy atom. The van der Waals surface area contributed by atoms with Crippen LogP contribution in [0.4, 0.5) is 17.5 Å². The Morgan fingerprint density at radius 2 is 2.22 bits per heavy atom. The molecule has 8 nitrogen and oxygen atoms in total. The number of rotatable bonds is 5. The van der Waals surface area contributed by atoms with Crippen molar-refractivity contribution in [2.45, 2.75) is 19.8 Å². The van der Waals surface area contributed by atoms with Gasteiger partial charge in [0.15, 0.2) is 0 Å². The van der Waals surface area contributed by atoms with Crippen LogP contribution in [0.25, 0.3) is 0 Å². The van der Waals surface area contributed by atoms with E-state index in [9.17, 15) is 10.1 Å². The van der Waals surface area contributed by atoms with Crippen LogP contribution < -0.4 is 16.2 Å². The number of hydrazine groups is 1. The maximum Gasteiger partial charge on any atom is 0.332 e. The minimum absolute atomic E-state index is 0.0582. The lowest BCUT2D eigenvalue weighted by molar-refractivity contribution is -0.385. The van der Waals surface area contributed by atoms with Crippen molar-refractivity contribution in [3.05, 3.63) is 15.8 Å². The lowest BCUT2D eigenvalue weighted by Gasteiger charge is -2.18. The normalized spacial score (nSPS) is 14.4. The molecule has 1 aromatic rings. The summed E-state index contributed by atoms with van der Waals surface area (Å²) in [5, 5.41) is 11.1. The maximum atomic E-state index is 11.1. The highest BCUT2D eigenvalue weighted by Crippen LogP contribution is 2.34. The number of aryl methyl sites for hydroxylation is 1. The molecule has 0 amide bonds. The van der Waals surface area contributed by atoms with E-state index in [-0.39, 0.29) is 11.6 Å². The average Bonchev–Trinajstić information content (AvgIpc) is 3.11. The standard InChI is InChI=1S/C10H16N6O2/c1-6-8(16(17)18)9(13-10(12-6)14-11)15(2)5-7-3-4-7/h7H,3-5,11H2,1-2H3,(H,12,13,14). The van der Waals surface area contributed by atoms with Gasteiger partial charge in [0, 0.05) is 13.6 Å². The summed E-state index contributed by atoms with van der Waals surface area (Å²) in [5.74, 6) is 6.38. The number of hydrogen-bond donors (Lipinski definition) is 2. The van der Waals surface area contributed by atoms with E-state index in [1.165, 1.54) is 12.8 Å². The topological polar surface area (TPSA) is 110 Å². The second-order valence-electron chi connectivity index (χ2n) is 4.53. The van der Waals surface area contributed by atoms with Gasteiger partial charge in [0.1, 0.15) is 5.69 Å². The van der Waals surface area contributed by atoms with Gasteiger partial charge in [-0.2, -0.15) is 4.98 Å². The molecule has 18 heavy (non-hydrogen) atoms. The van der Waals surface area contributed by atoms with Crippen LogP contribution in [0, 0.1) is 23.0 Å². The molecule has 2 rings (SSSR count). The Kier molecular flexibility index (Phi) is 3.28. The van der Waals surface area contributed by atoms with E-state index < -0.39 is 4.92 Å². The number of nitro groups is 1. The van der Waals surface area contributed by atoms with E-state index in [0.717, 1.165) is 6.54 Å². The van der Waals surface area contributed by atoms with Crippen molar-refractivity contribution in [1.29, 1.82) is 0 Å². The van der Waals surface area contributed by atoms with Crippen LogP contribution in [-0.2, 0) is 0 Å². The second kappa shape index (κ2) is 4.73. The highest BCUT2D eigenvalue weighted by Gasteiger charge is 2.29. The van der Waals surface area contributed by atoms with Gasteiger partial charge in [0.05, 0.1) is 4.92 Å². The van der Waals surface area contributed by atoms with Crippen LogP contribution in [0.1, 0.15) is 18.5 Å². The Morgan fingerprint density at radius 3 is 2.72 bits per heavy atom. The molecule has 1 saturated carbocycles. The molecule has 3 N–H and O–H groups in total. The van der Waals surface area contributed by atoms with Gasteiger partial charge in [0.25, 0.3) is 0 Å². The van der Waals surface area contributed by atoms with E-state index in [0.29, 0.717) is 17.4 Å². The molecule has 1 aliphatic carbocycles. The summed E-state index contributed by atoms with van der Waals surface area (Å²) >= 11 is 0. The Balaban J connectivity index is 2.39. The molecule has 0 bridgehead atoms. The number of nitrogen functional groups attached to an aromatic ring is 1. The largest absolute Gasteiger partial charge is 0.354 e. The summed E-state index contributed by atoms with van der Waals surface area (Å²) in [7, 11) is 1.80. The fraction of sp³-hybridized carbons (Fsp3) is 0.600. The third kappa shape index (κ3) is 2.48. The molecule has 0 aromatic carbocycles. The van der Waals surface area contributed by atoms with E-state index in [2.05, 4.69) is 15.4 Å². The molecule has 0 saturated heterocycles. The average molecular weight is 252 g/mol. The van der Waals surface area contributed by atoms with E-state index >= 15 is 0 Å². The summed E-state index contributed by atoms with van der Waals surface area (Å²) in [6.07, 6.45) is 2.34. The molecule has 1 fully saturated rings. The first-order valence-electron chi connectivity index (χ1n) is 5.73. The number of anilines is 2. The second-order valence-corrected chi connectivity index (χ2v) is 4.53. The van der Waals surface area contributed by atoms with Gasteiger partial charge < -0.3 is 4.90 Å². The lowest BCUT2D eigenvalue weighted by atomic mass is 10.3. The van der Waals surface area contributed by atoms with Gasteiger partial charge in [0.2, 0.25) is 11.8 Å². The highest BCUT2D eigenvalue weighted by molar-refractivity contribution is 5.62. The zero-order valence-corrected chi connectivity index (χ0v) is 10.4. The van der Waals surface area contributed by atoms with Crippen LogP contribution in [0.3, 0.4) is 0 Å². The summed E-state index contributed by atoms with van der Waals surface area (Å²) in [6, 6.07) is 0. The molecule has 98 valence electrons. The van der Waals surface area contributed by atoms with Gasteiger partial charge in [-0.1, -0.05) is 0 Å². The van der Waals surface area contributed by atoms with Gasteiger partial charge in [-0.3, -0.25) is 15.5 Å². The minimum Gasteiger partial charge on any atom is -0.354 e. The molecule has 1 heterocycles. The number of nitrogens with two attached hydrogens (primary N) is 1. The van der Waals surface area contributed by atoms with Crippen molar-refractivity contribution in [3.63, 3.8) is 0 Å². The van der Waals surface area contributed by atoms with Crippen LogP contribution in [0.5, 0.6) is 0 Å². The fourth-order valence-electron chi connectivity index (χ4n) is 1.87. The molecular weight excluding hydrogens is 236 g/mol. The van der Waals surface area contributed by atoms with Crippen molar-refractivity contribution < 1.29 is 4.92 Å². The van der Waals surface area contributed by atoms with Crippen molar-refractivity contribution >= 4 is 17.5 Å². The first kappa shape index (κ1) is 12.5. The molecule has 0 atom stereocenters. The molecule has 8 heteroatoms. The molecule has 1 aliphatic rings. The van der Waals surface area contributed by atoms with Gasteiger partial charge in [-0.25, -0.2) is 10.8 Å². The third-order valence-corrected chi connectivity index (χ3v) is 2.94. The summed E-state index contributed by atoms with van der Waals surface area (Å²) < 4.78 is 0. The van der Waals surface area contributed by atoms with Crippen LogP contribution in [0.2, 0.25) is 0 Å². The maximum absolute atomic E-state index is 11.1. The predicted molar refractivity (Wildman–Crippen MR) is 67.2 cm³/mol. The summed E-state index contributed by atoms with van der Waals surface area (Å²) in [6.45, 7) is 2.34. The smallest absolute Gasteiger partial charge is 0.332 e. The van der Waals surface area contributed by atoms with Gasteiger partial charge in [-0.15, -0.1) is 0 Å². The number of nitrogens with one attached hydrogen (secondary N) is 1. The van der Waals surface area contributed by atoms with Gasteiger partial charge >= 0.3 is 5.69 Å². The Bertz CT molecular complexity index is 474. The minimum atomic E-state index is -0.450. The molecule has 0 aliphatic heterocycles. The quantitative estimate of drug-likeness (QED) is 0.453.